The SMILES string of the molecule is CCN(CC)S(=O)(=O)Cc1nc(C2(N)CCCC2)no1. The molecule has 0 amide bonds. The van der Waals surface area contributed by atoms with Crippen LogP contribution in [0.3, 0.4) is 0 Å². The van der Waals surface area contributed by atoms with Crippen LogP contribution in [0.5, 0.6) is 0 Å². The van der Waals surface area contributed by atoms with Crippen LogP contribution in [0.2, 0.25) is 0 Å². The molecule has 0 aliphatic heterocycles. The van der Waals surface area contributed by atoms with Gasteiger partial charge in [0.05, 0.1) is 5.54 Å². The van der Waals surface area contributed by atoms with Crippen molar-refractivity contribution in [2.75, 3.05) is 13.1 Å². The van der Waals surface area contributed by atoms with Gasteiger partial charge in [-0.15, -0.1) is 0 Å². The molecule has 1 aliphatic rings. The number of aromatic nitrogens is 2. The number of rotatable bonds is 6. The van der Waals surface area contributed by atoms with Crippen molar-refractivity contribution < 1.29 is 12.9 Å². The van der Waals surface area contributed by atoms with Crippen molar-refractivity contribution in [3.63, 3.8) is 0 Å². The van der Waals surface area contributed by atoms with E-state index in [1.165, 1.54) is 4.31 Å². The van der Waals surface area contributed by atoms with Crippen LogP contribution in [0.4, 0.5) is 0 Å². The first-order chi connectivity index (χ1) is 9.41. The molecule has 0 bridgehead atoms. The Morgan fingerprint density at radius 3 is 2.45 bits per heavy atom. The van der Waals surface area contributed by atoms with Crippen molar-refractivity contribution in [2.24, 2.45) is 5.73 Å². The molecule has 7 nitrogen and oxygen atoms in total. The average Bonchev–Trinajstić information content (AvgIpc) is 3.00. The molecule has 2 N–H and O–H groups in total. The van der Waals surface area contributed by atoms with Gasteiger partial charge in [-0.1, -0.05) is 31.8 Å². The first-order valence-electron chi connectivity index (χ1n) is 7.01. The summed E-state index contributed by atoms with van der Waals surface area (Å²) in [5.74, 6) is 0.279. The van der Waals surface area contributed by atoms with Crippen molar-refractivity contribution >= 4 is 10.0 Å². The van der Waals surface area contributed by atoms with E-state index in [-0.39, 0.29) is 11.6 Å². The molecule has 1 aromatic heterocycles. The maximum atomic E-state index is 12.1. The van der Waals surface area contributed by atoms with E-state index in [0.717, 1.165) is 25.7 Å². The third-order valence-electron chi connectivity index (χ3n) is 3.81. The minimum absolute atomic E-state index is 0.114. The van der Waals surface area contributed by atoms with Crippen LogP contribution in [0, 0.1) is 0 Å². The summed E-state index contributed by atoms with van der Waals surface area (Å²) in [4.78, 5) is 4.19. The van der Waals surface area contributed by atoms with E-state index in [2.05, 4.69) is 10.1 Å². The van der Waals surface area contributed by atoms with Crippen LogP contribution in [-0.4, -0.2) is 36.0 Å². The molecule has 2 rings (SSSR count). The Bertz CT molecular complexity index is 545. The topological polar surface area (TPSA) is 102 Å². The number of sulfonamides is 1. The van der Waals surface area contributed by atoms with Gasteiger partial charge in [-0.2, -0.15) is 4.98 Å². The van der Waals surface area contributed by atoms with Gasteiger partial charge in [-0.25, -0.2) is 12.7 Å². The summed E-state index contributed by atoms with van der Waals surface area (Å²) in [5, 5.41) is 3.87. The van der Waals surface area contributed by atoms with Crippen LogP contribution in [0.1, 0.15) is 51.2 Å². The highest BCUT2D eigenvalue weighted by molar-refractivity contribution is 7.88. The lowest BCUT2D eigenvalue weighted by Gasteiger charge is -2.18. The van der Waals surface area contributed by atoms with Crippen LogP contribution in [0.15, 0.2) is 4.52 Å². The standard InChI is InChI=1S/C12H22N4O3S/c1-3-16(4-2)20(17,18)9-10-14-11(15-19-10)12(13)7-5-6-8-12/h3-9,13H2,1-2H3. The zero-order valence-electron chi connectivity index (χ0n) is 12.0. The summed E-state index contributed by atoms with van der Waals surface area (Å²) in [6.07, 6.45) is 3.71. The molecule has 0 radical (unpaired) electrons. The van der Waals surface area contributed by atoms with Gasteiger partial charge in [0.2, 0.25) is 15.9 Å². The minimum atomic E-state index is -3.41. The van der Waals surface area contributed by atoms with Gasteiger partial charge in [0.1, 0.15) is 5.75 Å². The lowest BCUT2D eigenvalue weighted by atomic mass is 9.99. The van der Waals surface area contributed by atoms with E-state index >= 15 is 0 Å². The average molecular weight is 302 g/mol. The fraction of sp³-hybridized carbons (Fsp3) is 0.833. The summed E-state index contributed by atoms with van der Waals surface area (Å²) in [7, 11) is -3.41. The molecule has 20 heavy (non-hydrogen) atoms. The van der Waals surface area contributed by atoms with Crippen molar-refractivity contribution in [1.82, 2.24) is 14.4 Å². The quantitative estimate of drug-likeness (QED) is 0.840. The molecule has 0 aromatic carbocycles. The molecule has 114 valence electrons. The summed E-state index contributed by atoms with van der Waals surface area (Å²) in [6, 6.07) is 0. The van der Waals surface area contributed by atoms with E-state index in [1.54, 1.807) is 13.8 Å². The third-order valence-corrected chi connectivity index (χ3v) is 5.73. The molecule has 1 saturated carbocycles. The third kappa shape index (κ3) is 3.02. The number of hydrogen-bond donors (Lipinski definition) is 1. The molecule has 8 heteroatoms. The summed E-state index contributed by atoms with van der Waals surface area (Å²) in [5.41, 5.74) is 5.67. The van der Waals surface area contributed by atoms with Crippen LogP contribution >= 0.6 is 0 Å². The number of hydrogen-bond acceptors (Lipinski definition) is 6. The molecule has 1 heterocycles. The highest BCUT2D eigenvalue weighted by Gasteiger charge is 2.36. The number of nitrogens with zero attached hydrogens (tertiary/aromatic N) is 3. The van der Waals surface area contributed by atoms with E-state index < -0.39 is 15.6 Å². The van der Waals surface area contributed by atoms with Crippen LogP contribution in [-0.2, 0) is 21.3 Å². The lowest BCUT2D eigenvalue weighted by Crippen LogP contribution is -2.34. The van der Waals surface area contributed by atoms with Gasteiger partial charge in [0.15, 0.2) is 5.82 Å². The second-order valence-corrected chi connectivity index (χ2v) is 7.18. The van der Waals surface area contributed by atoms with Crippen molar-refractivity contribution in [3.05, 3.63) is 11.7 Å². The maximum absolute atomic E-state index is 12.1. The van der Waals surface area contributed by atoms with Crippen molar-refractivity contribution in [3.8, 4) is 0 Å². The van der Waals surface area contributed by atoms with Crippen molar-refractivity contribution in [2.45, 2.75) is 50.8 Å². The zero-order valence-corrected chi connectivity index (χ0v) is 12.8. The Kier molecular flexibility index (Phi) is 4.46. The molecule has 0 saturated heterocycles. The lowest BCUT2D eigenvalue weighted by molar-refractivity contribution is 0.352. The molecule has 0 spiro atoms. The monoisotopic (exact) mass is 302 g/mol. The van der Waals surface area contributed by atoms with E-state index in [0.29, 0.717) is 18.9 Å². The van der Waals surface area contributed by atoms with Gasteiger partial charge in [-0.3, -0.25) is 0 Å². The van der Waals surface area contributed by atoms with Gasteiger partial charge in [0.25, 0.3) is 0 Å². The molecule has 0 unspecified atom stereocenters. The summed E-state index contributed by atoms with van der Waals surface area (Å²) < 4.78 is 30.7. The highest BCUT2D eigenvalue weighted by atomic mass is 32.2. The smallest absolute Gasteiger partial charge is 0.243 e. The van der Waals surface area contributed by atoms with E-state index in [1.807, 2.05) is 0 Å². The Morgan fingerprint density at radius 1 is 1.30 bits per heavy atom. The fourth-order valence-electron chi connectivity index (χ4n) is 2.61. The van der Waals surface area contributed by atoms with E-state index in [9.17, 15) is 8.42 Å². The second-order valence-electron chi connectivity index (χ2n) is 5.22. The Labute approximate surface area is 119 Å². The first kappa shape index (κ1) is 15.4. The number of nitrogens with two attached hydrogens (primary N) is 1. The molecule has 1 aliphatic carbocycles. The Balaban J connectivity index is 2.14. The van der Waals surface area contributed by atoms with Gasteiger partial charge in [-0.05, 0) is 12.8 Å². The maximum Gasteiger partial charge on any atom is 0.243 e. The van der Waals surface area contributed by atoms with Gasteiger partial charge in [0, 0.05) is 13.1 Å². The Morgan fingerprint density at radius 2 is 1.90 bits per heavy atom. The molecular formula is C12H22N4O3S. The van der Waals surface area contributed by atoms with E-state index in [4.69, 9.17) is 10.3 Å². The van der Waals surface area contributed by atoms with Gasteiger partial charge < -0.3 is 10.3 Å². The summed E-state index contributed by atoms with van der Waals surface area (Å²) >= 11 is 0. The molecule has 1 aromatic rings. The Hall–Kier alpha value is -0.990. The van der Waals surface area contributed by atoms with Gasteiger partial charge >= 0.3 is 0 Å². The largest absolute Gasteiger partial charge is 0.338 e. The summed E-state index contributed by atoms with van der Waals surface area (Å²) in [6.45, 7) is 4.46. The predicted molar refractivity (Wildman–Crippen MR) is 74.2 cm³/mol. The fourth-order valence-corrected chi connectivity index (χ4v) is 4.01. The predicted octanol–water partition coefficient (Wildman–Crippen LogP) is 0.969. The normalized spacial score (nSPS) is 18.8. The zero-order chi connectivity index (χ0) is 14.8. The first-order valence-corrected chi connectivity index (χ1v) is 8.62. The van der Waals surface area contributed by atoms with Crippen LogP contribution in [0.25, 0.3) is 0 Å². The second kappa shape index (κ2) is 5.79. The molecule has 1 fully saturated rings. The molecule has 0 atom stereocenters. The molecular weight excluding hydrogens is 280 g/mol. The van der Waals surface area contributed by atoms with Crippen molar-refractivity contribution in [1.29, 1.82) is 0 Å². The highest BCUT2D eigenvalue weighted by Crippen LogP contribution is 2.34. The minimum Gasteiger partial charge on any atom is -0.338 e. The van der Waals surface area contributed by atoms with Crippen LogP contribution < -0.4 is 5.73 Å².